The largest absolute Gasteiger partial charge is 0.330 e. The zero-order chi connectivity index (χ0) is 15.4. The molecule has 116 valence electrons. The van der Waals surface area contributed by atoms with Gasteiger partial charge in [-0.3, -0.25) is 4.79 Å². The van der Waals surface area contributed by atoms with Crippen molar-refractivity contribution in [2.75, 3.05) is 11.9 Å². The Morgan fingerprint density at radius 2 is 2.09 bits per heavy atom. The number of anilines is 1. The van der Waals surface area contributed by atoms with E-state index in [0.29, 0.717) is 19.0 Å². The number of carbonyl (C=O) groups is 1. The fourth-order valence-electron chi connectivity index (χ4n) is 3.20. The molecule has 2 aromatic rings. The summed E-state index contributed by atoms with van der Waals surface area (Å²) in [5.41, 5.74) is 6.92. The van der Waals surface area contributed by atoms with Crippen LogP contribution in [0.2, 0.25) is 0 Å². The van der Waals surface area contributed by atoms with E-state index in [2.05, 4.69) is 22.5 Å². The summed E-state index contributed by atoms with van der Waals surface area (Å²) in [6.45, 7) is 1.23. The van der Waals surface area contributed by atoms with E-state index in [0.717, 1.165) is 30.6 Å². The van der Waals surface area contributed by atoms with Crippen LogP contribution in [0.4, 0.5) is 5.82 Å². The lowest BCUT2D eigenvalue weighted by Crippen LogP contribution is -2.30. The molecule has 0 unspecified atom stereocenters. The Morgan fingerprint density at radius 3 is 2.86 bits per heavy atom. The first-order valence-electron chi connectivity index (χ1n) is 7.84. The standard InChI is InChI=1S/C17H22N4O/c18-11-14-7-4-8-15(14)17(22)20-16-9-10-19-21(16)12-13-5-2-1-3-6-13/h1-3,5-6,9-10,14-15H,4,7-8,11-12,18H2,(H,20,22)/t14-,15-/m1/s1. The number of aromatic nitrogens is 2. The number of nitrogens with two attached hydrogens (primary N) is 1. The van der Waals surface area contributed by atoms with Gasteiger partial charge in [0.25, 0.3) is 0 Å². The molecule has 5 nitrogen and oxygen atoms in total. The number of hydrogen-bond donors (Lipinski definition) is 2. The van der Waals surface area contributed by atoms with E-state index in [-0.39, 0.29) is 11.8 Å². The summed E-state index contributed by atoms with van der Waals surface area (Å²) in [5.74, 6) is 1.16. The van der Waals surface area contributed by atoms with Gasteiger partial charge in [0.05, 0.1) is 12.7 Å². The molecule has 1 aliphatic rings. The summed E-state index contributed by atoms with van der Waals surface area (Å²) >= 11 is 0. The van der Waals surface area contributed by atoms with Gasteiger partial charge in [-0.2, -0.15) is 5.10 Å². The molecule has 1 fully saturated rings. The third-order valence-corrected chi connectivity index (χ3v) is 4.44. The molecule has 1 aromatic carbocycles. The van der Waals surface area contributed by atoms with E-state index in [1.54, 1.807) is 6.20 Å². The Morgan fingerprint density at radius 1 is 1.27 bits per heavy atom. The van der Waals surface area contributed by atoms with Crippen LogP contribution in [0.1, 0.15) is 24.8 Å². The Bertz CT molecular complexity index is 623. The highest BCUT2D eigenvalue weighted by Gasteiger charge is 2.32. The number of hydrogen-bond acceptors (Lipinski definition) is 3. The number of carbonyl (C=O) groups excluding carboxylic acids is 1. The number of amides is 1. The van der Waals surface area contributed by atoms with Gasteiger partial charge in [0, 0.05) is 12.0 Å². The highest BCUT2D eigenvalue weighted by molar-refractivity contribution is 5.92. The average molecular weight is 298 g/mol. The van der Waals surface area contributed by atoms with Crippen molar-refractivity contribution < 1.29 is 4.79 Å². The maximum Gasteiger partial charge on any atom is 0.228 e. The monoisotopic (exact) mass is 298 g/mol. The second-order valence-corrected chi connectivity index (χ2v) is 5.88. The molecule has 3 rings (SSSR count). The van der Waals surface area contributed by atoms with Gasteiger partial charge in [0.1, 0.15) is 5.82 Å². The van der Waals surface area contributed by atoms with Crippen molar-refractivity contribution in [2.45, 2.75) is 25.8 Å². The topological polar surface area (TPSA) is 72.9 Å². The Balaban J connectivity index is 1.68. The third-order valence-electron chi connectivity index (χ3n) is 4.44. The lowest BCUT2D eigenvalue weighted by Gasteiger charge is -2.17. The van der Waals surface area contributed by atoms with Crippen molar-refractivity contribution in [1.29, 1.82) is 0 Å². The lowest BCUT2D eigenvalue weighted by molar-refractivity contribution is -0.120. The lowest BCUT2D eigenvalue weighted by atomic mass is 9.95. The van der Waals surface area contributed by atoms with Crippen LogP contribution < -0.4 is 11.1 Å². The Hall–Kier alpha value is -2.14. The third kappa shape index (κ3) is 3.20. The SMILES string of the molecule is NC[C@H]1CCC[C@H]1C(=O)Nc1ccnn1Cc1ccccc1. The fourth-order valence-corrected chi connectivity index (χ4v) is 3.20. The molecule has 0 saturated heterocycles. The molecule has 1 aliphatic carbocycles. The van der Waals surface area contributed by atoms with Crippen molar-refractivity contribution >= 4 is 11.7 Å². The van der Waals surface area contributed by atoms with Crippen LogP contribution in [0.5, 0.6) is 0 Å². The van der Waals surface area contributed by atoms with Gasteiger partial charge >= 0.3 is 0 Å². The van der Waals surface area contributed by atoms with Gasteiger partial charge in [-0.25, -0.2) is 4.68 Å². The summed E-state index contributed by atoms with van der Waals surface area (Å²) < 4.78 is 1.82. The highest BCUT2D eigenvalue weighted by atomic mass is 16.2. The van der Waals surface area contributed by atoms with Crippen LogP contribution in [0.15, 0.2) is 42.6 Å². The van der Waals surface area contributed by atoms with Gasteiger partial charge in [-0.1, -0.05) is 36.8 Å². The van der Waals surface area contributed by atoms with Crippen molar-refractivity contribution in [3.63, 3.8) is 0 Å². The van der Waals surface area contributed by atoms with Crippen LogP contribution >= 0.6 is 0 Å². The molecule has 0 radical (unpaired) electrons. The predicted octanol–water partition coefficient (Wildman–Crippen LogP) is 2.24. The van der Waals surface area contributed by atoms with E-state index < -0.39 is 0 Å². The molecule has 22 heavy (non-hydrogen) atoms. The molecular weight excluding hydrogens is 276 g/mol. The Labute approximate surface area is 130 Å². The van der Waals surface area contributed by atoms with Crippen LogP contribution in [0.3, 0.4) is 0 Å². The summed E-state index contributed by atoms with van der Waals surface area (Å²) in [4.78, 5) is 12.5. The first kappa shape index (κ1) is 14.8. The predicted molar refractivity (Wildman–Crippen MR) is 86.3 cm³/mol. The number of benzene rings is 1. The van der Waals surface area contributed by atoms with Crippen molar-refractivity contribution in [3.05, 3.63) is 48.2 Å². The zero-order valence-corrected chi connectivity index (χ0v) is 12.6. The fraction of sp³-hybridized carbons (Fsp3) is 0.412. The smallest absolute Gasteiger partial charge is 0.228 e. The first-order valence-corrected chi connectivity index (χ1v) is 7.84. The summed E-state index contributed by atoms with van der Waals surface area (Å²) in [7, 11) is 0. The molecule has 0 spiro atoms. The molecular formula is C17H22N4O. The van der Waals surface area contributed by atoms with Crippen LogP contribution in [-0.2, 0) is 11.3 Å². The Kier molecular flexibility index (Phi) is 4.53. The first-order chi connectivity index (χ1) is 10.8. The van der Waals surface area contributed by atoms with E-state index in [4.69, 9.17) is 5.73 Å². The molecule has 0 aliphatic heterocycles. The minimum Gasteiger partial charge on any atom is -0.330 e. The van der Waals surface area contributed by atoms with Gasteiger partial charge in [0.15, 0.2) is 0 Å². The van der Waals surface area contributed by atoms with E-state index in [9.17, 15) is 4.79 Å². The van der Waals surface area contributed by atoms with Gasteiger partial charge in [0.2, 0.25) is 5.91 Å². The number of nitrogens with one attached hydrogen (secondary N) is 1. The molecule has 1 aromatic heterocycles. The van der Waals surface area contributed by atoms with E-state index in [1.807, 2.05) is 28.9 Å². The molecule has 1 amide bonds. The van der Waals surface area contributed by atoms with E-state index in [1.165, 1.54) is 0 Å². The quantitative estimate of drug-likeness (QED) is 0.889. The maximum atomic E-state index is 12.5. The molecule has 0 bridgehead atoms. The molecule has 5 heteroatoms. The number of nitrogens with zero attached hydrogens (tertiary/aromatic N) is 2. The summed E-state index contributed by atoms with van der Waals surface area (Å²) in [5, 5.41) is 7.33. The zero-order valence-electron chi connectivity index (χ0n) is 12.6. The summed E-state index contributed by atoms with van der Waals surface area (Å²) in [6, 6.07) is 11.9. The van der Waals surface area contributed by atoms with Crippen molar-refractivity contribution in [2.24, 2.45) is 17.6 Å². The molecule has 1 saturated carbocycles. The minimum atomic E-state index is 0.0325. The van der Waals surface area contributed by atoms with Crippen LogP contribution in [0, 0.1) is 11.8 Å². The molecule has 3 N–H and O–H groups in total. The second kappa shape index (κ2) is 6.75. The summed E-state index contributed by atoms with van der Waals surface area (Å²) in [6.07, 6.45) is 4.79. The highest BCUT2D eigenvalue weighted by Crippen LogP contribution is 2.31. The molecule has 2 atom stereocenters. The minimum absolute atomic E-state index is 0.0325. The molecule has 1 heterocycles. The van der Waals surface area contributed by atoms with Crippen LogP contribution in [0.25, 0.3) is 0 Å². The van der Waals surface area contributed by atoms with Crippen molar-refractivity contribution in [3.8, 4) is 0 Å². The van der Waals surface area contributed by atoms with Crippen molar-refractivity contribution in [1.82, 2.24) is 9.78 Å². The second-order valence-electron chi connectivity index (χ2n) is 5.88. The maximum absolute atomic E-state index is 12.5. The average Bonchev–Trinajstić information content (AvgIpc) is 3.18. The van der Waals surface area contributed by atoms with E-state index >= 15 is 0 Å². The van der Waals surface area contributed by atoms with Gasteiger partial charge in [-0.15, -0.1) is 0 Å². The number of rotatable bonds is 5. The van der Waals surface area contributed by atoms with Gasteiger partial charge in [-0.05, 0) is 30.9 Å². The normalized spacial score (nSPS) is 21.0. The van der Waals surface area contributed by atoms with Gasteiger partial charge < -0.3 is 11.1 Å². The van der Waals surface area contributed by atoms with Crippen LogP contribution in [-0.4, -0.2) is 22.2 Å².